The lowest BCUT2D eigenvalue weighted by molar-refractivity contribution is -0.131. The molecule has 0 aliphatic carbocycles. The van der Waals surface area contributed by atoms with Gasteiger partial charge in [-0.15, -0.1) is 0 Å². The average Bonchev–Trinajstić information content (AvgIpc) is 2.21. The van der Waals surface area contributed by atoms with Crippen LogP contribution in [0.2, 0.25) is 0 Å². The number of primary amides is 1. The van der Waals surface area contributed by atoms with Gasteiger partial charge >= 0.3 is 5.97 Å². The highest BCUT2D eigenvalue weighted by molar-refractivity contribution is 5.97. The Labute approximate surface area is 96.5 Å². The van der Waals surface area contributed by atoms with E-state index in [-0.39, 0.29) is 5.57 Å². The van der Waals surface area contributed by atoms with Crippen LogP contribution in [0.3, 0.4) is 0 Å². The van der Waals surface area contributed by atoms with E-state index in [1.165, 1.54) is 0 Å². The van der Waals surface area contributed by atoms with Crippen LogP contribution in [-0.4, -0.2) is 17.0 Å². The molecule has 0 aromatic carbocycles. The quantitative estimate of drug-likeness (QED) is 0.623. The highest BCUT2D eigenvalue weighted by atomic mass is 16.4. The molecule has 0 aromatic rings. The molecular weight excluding hydrogens is 206 g/mol. The van der Waals surface area contributed by atoms with Crippen LogP contribution in [-0.2, 0) is 9.59 Å². The van der Waals surface area contributed by atoms with Crippen molar-refractivity contribution >= 4 is 11.9 Å². The summed E-state index contributed by atoms with van der Waals surface area (Å²) in [5.41, 5.74) is 5.36. The maximum absolute atomic E-state index is 11.1. The fourth-order valence-electron chi connectivity index (χ4n) is 1.63. The normalized spacial score (nSPS) is 13.5. The minimum Gasteiger partial charge on any atom is -0.478 e. The molecule has 0 rings (SSSR count). The minimum absolute atomic E-state index is 0.218. The van der Waals surface area contributed by atoms with Crippen LogP contribution in [0, 0.1) is 5.92 Å². The number of carbonyl (C=O) groups excluding carboxylic acids is 1. The largest absolute Gasteiger partial charge is 0.478 e. The fourth-order valence-corrected chi connectivity index (χ4v) is 1.63. The van der Waals surface area contributed by atoms with E-state index in [0.717, 1.165) is 31.8 Å². The average molecular weight is 227 g/mol. The molecule has 1 unspecified atom stereocenters. The second-order valence-corrected chi connectivity index (χ2v) is 3.99. The molecule has 0 spiro atoms. The van der Waals surface area contributed by atoms with Gasteiger partial charge in [-0.1, -0.05) is 39.5 Å². The molecule has 0 saturated carbocycles. The first-order valence-electron chi connectivity index (χ1n) is 5.74. The molecule has 4 nitrogen and oxygen atoms in total. The van der Waals surface area contributed by atoms with Crippen molar-refractivity contribution in [1.29, 1.82) is 0 Å². The number of hydrogen-bond acceptors (Lipinski definition) is 2. The van der Waals surface area contributed by atoms with Gasteiger partial charge in [0.05, 0.1) is 0 Å². The molecule has 4 heteroatoms. The zero-order valence-corrected chi connectivity index (χ0v) is 10.0. The van der Waals surface area contributed by atoms with Gasteiger partial charge in [-0.25, -0.2) is 4.79 Å². The van der Waals surface area contributed by atoms with Crippen molar-refractivity contribution in [3.63, 3.8) is 0 Å². The summed E-state index contributed by atoms with van der Waals surface area (Å²) in [5.74, 6) is -1.39. The van der Waals surface area contributed by atoms with Gasteiger partial charge in [0.1, 0.15) is 0 Å². The SMILES string of the molecule is CCCCC(CC)C/C(=C/C(=O)O)C(N)=O. The first-order chi connectivity index (χ1) is 7.51. The predicted octanol–water partition coefficient (Wildman–Crippen LogP) is 2.09. The van der Waals surface area contributed by atoms with Gasteiger partial charge in [0.25, 0.3) is 0 Å². The third kappa shape index (κ3) is 6.22. The molecule has 16 heavy (non-hydrogen) atoms. The molecule has 3 N–H and O–H groups in total. The van der Waals surface area contributed by atoms with Crippen LogP contribution < -0.4 is 5.73 Å². The van der Waals surface area contributed by atoms with Crippen molar-refractivity contribution in [2.75, 3.05) is 0 Å². The molecule has 0 heterocycles. The van der Waals surface area contributed by atoms with Crippen LogP contribution in [0.5, 0.6) is 0 Å². The summed E-state index contributed by atoms with van der Waals surface area (Å²) in [7, 11) is 0. The van der Waals surface area contributed by atoms with Gasteiger partial charge in [0.15, 0.2) is 0 Å². The Hall–Kier alpha value is -1.32. The number of carboxylic acids is 1. The van der Waals surface area contributed by atoms with E-state index >= 15 is 0 Å². The number of aliphatic carboxylic acids is 1. The molecule has 0 aliphatic rings. The molecule has 0 bridgehead atoms. The molecule has 92 valence electrons. The van der Waals surface area contributed by atoms with Crippen molar-refractivity contribution in [2.24, 2.45) is 11.7 Å². The minimum atomic E-state index is -1.11. The zero-order chi connectivity index (χ0) is 12.6. The molecule has 1 amide bonds. The Kier molecular flexibility index (Phi) is 7.25. The Morgan fingerprint density at radius 3 is 2.38 bits per heavy atom. The number of rotatable bonds is 8. The highest BCUT2D eigenvalue weighted by Gasteiger charge is 2.14. The second kappa shape index (κ2) is 7.91. The first kappa shape index (κ1) is 14.7. The maximum atomic E-state index is 11.1. The zero-order valence-electron chi connectivity index (χ0n) is 10.0. The third-order valence-corrected chi connectivity index (χ3v) is 2.67. The Bertz CT molecular complexity index is 271. The summed E-state index contributed by atoms with van der Waals surface area (Å²) >= 11 is 0. The summed E-state index contributed by atoms with van der Waals surface area (Å²) in [4.78, 5) is 21.6. The van der Waals surface area contributed by atoms with Gasteiger partial charge < -0.3 is 10.8 Å². The van der Waals surface area contributed by atoms with E-state index in [1.807, 2.05) is 6.92 Å². The predicted molar refractivity (Wildman–Crippen MR) is 62.8 cm³/mol. The summed E-state index contributed by atoms with van der Waals surface area (Å²) in [6.45, 7) is 4.15. The molecule has 0 fully saturated rings. The van der Waals surface area contributed by atoms with Crippen LogP contribution in [0.25, 0.3) is 0 Å². The van der Waals surface area contributed by atoms with E-state index in [4.69, 9.17) is 10.8 Å². The maximum Gasteiger partial charge on any atom is 0.328 e. The van der Waals surface area contributed by atoms with Crippen molar-refractivity contribution in [3.05, 3.63) is 11.6 Å². The van der Waals surface area contributed by atoms with Crippen molar-refractivity contribution in [1.82, 2.24) is 0 Å². The van der Waals surface area contributed by atoms with Crippen LogP contribution in [0.1, 0.15) is 46.0 Å². The lowest BCUT2D eigenvalue weighted by Crippen LogP contribution is -2.18. The van der Waals surface area contributed by atoms with Crippen molar-refractivity contribution in [3.8, 4) is 0 Å². The van der Waals surface area contributed by atoms with Crippen LogP contribution >= 0.6 is 0 Å². The molecule has 1 atom stereocenters. The van der Waals surface area contributed by atoms with Gasteiger partial charge in [-0.3, -0.25) is 4.79 Å². The lowest BCUT2D eigenvalue weighted by Gasteiger charge is -2.14. The third-order valence-electron chi connectivity index (χ3n) is 2.67. The number of amides is 1. The fraction of sp³-hybridized carbons (Fsp3) is 0.667. The number of unbranched alkanes of at least 4 members (excludes halogenated alkanes) is 1. The smallest absolute Gasteiger partial charge is 0.328 e. The molecule has 0 aromatic heterocycles. The van der Waals surface area contributed by atoms with Gasteiger partial charge in [-0.2, -0.15) is 0 Å². The van der Waals surface area contributed by atoms with E-state index in [9.17, 15) is 9.59 Å². The summed E-state index contributed by atoms with van der Waals surface area (Å²) in [6.07, 6.45) is 5.54. The van der Waals surface area contributed by atoms with Gasteiger partial charge in [0, 0.05) is 11.6 Å². The van der Waals surface area contributed by atoms with Crippen LogP contribution in [0.15, 0.2) is 11.6 Å². The lowest BCUT2D eigenvalue weighted by atomic mass is 9.91. The Balaban J connectivity index is 4.47. The topological polar surface area (TPSA) is 80.4 Å². The number of carboxylic acid groups (broad SMARTS) is 1. The molecule has 0 saturated heterocycles. The number of carbonyl (C=O) groups is 2. The molecule has 0 radical (unpaired) electrons. The van der Waals surface area contributed by atoms with Gasteiger partial charge in [-0.05, 0) is 12.3 Å². The summed E-state index contributed by atoms with van der Waals surface area (Å²) < 4.78 is 0. The standard InChI is InChI=1S/C12H21NO3/c1-3-5-6-9(4-2)7-10(12(13)16)8-11(14)15/h8-9H,3-7H2,1-2H3,(H2,13,16)(H,14,15)/b10-8-. The highest BCUT2D eigenvalue weighted by Crippen LogP contribution is 2.21. The first-order valence-corrected chi connectivity index (χ1v) is 5.74. The number of hydrogen-bond donors (Lipinski definition) is 2. The Morgan fingerprint density at radius 2 is 2.00 bits per heavy atom. The monoisotopic (exact) mass is 227 g/mol. The summed E-state index contributed by atoms with van der Waals surface area (Å²) in [5, 5.41) is 8.61. The second-order valence-electron chi connectivity index (χ2n) is 3.99. The molecular formula is C12H21NO3. The Morgan fingerprint density at radius 1 is 1.38 bits per heavy atom. The van der Waals surface area contributed by atoms with E-state index < -0.39 is 11.9 Å². The van der Waals surface area contributed by atoms with E-state index in [2.05, 4.69) is 6.92 Å². The van der Waals surface area contributed by atoms with Crippen molar-refractivity contribution in [2.45, 2.75) is 46.0 Å². The number of nitrogens with two attached hydrogens (primary N) is 1. The summed E-state index contributed by atoms with van der Waals surface area (Å²) in [6, 6.07) is 0. The van der Waals surface area contributed by atoms with Crippen molar-refractivity contribution < 1.29 is 14.7 Å². The van der Waals surface area contributed by atoms with E-state index in [1.54, 1.807) is 0 Å². The van der Waals surface area contributed by atoms with Gasteiger partial charge in [0.2, 0.25) is 5.91 Å². The van der Waals surface area contributed by atoms with Crippen LogP contribution in [0.4, 0.5) is 0 Å². The van der Waals surface area contributed by atoms with E-state index in [0.29, 0.717) is 12.3 Å². The molecule has 0 aliphatic heterocycles.